The Morgan fingerprint density at radius 1 is 1.41 bits per heavy atom. The zero-order valence-corrected chi connectivity index (χ0v) is 14.6. The first-order valence-electron chi connectivity index (χ1n) is 6.76. The molecule has 2 aromatic heterocycles. The molecule has 118 valence electrons. The maximum absolute atomic E-state index is 11.8. The van der Waals surface area contributed by atoms with Crippen LogP contribution in [0.4, 0.5) is 0 Å². The molecule has 1 saturated carbocycles. The van der Waals surface area contributed by atoms with Crippen LogP contribution >= 0.6 is 23.1 Å². The highest BCUT2D eigenvalue weighted by atomic mass is 32.2. The zero-order valence-electron chi connectivity index (χ0n) is 12.1. The maximum Gasteiger partial charge on any atom is 0.243 e. The van der Waals surface area contributed by atoms with Gasteiger partial charge in [-0.25, -0.2) is 18.4 Å². The first kappa shape index (κ1) is 15.7. The Morgan fingerprint density at radius 3 is 2.82 bits per heavy atom. The number of hydrogen-bond acceptors (Lipinski definition) is 7. The van der Waals surface area contributed by atoms with Crippen molar-refractivity contribution in [2.45, 2.75) is 37.0 Å². The predicted molar refractivity (Wildman–Crippen MR) is 87.7 cm³/mol. The fourth-order valence-electron chi connectivity index (χ4n) is 2.04. The van der Waals surface area contributed by atoms with E-state index in [9.17, 15) is 13.2 Å². The molecule has 22 heavy (non-hydrogen) atoms. The third-order valence-electron chi connectivity index (χ3n) is 3.49. The molecule has 0 radical (unpaired) electrons. The van der Waals surface area contributed by atoms with Crippen molar-refractivity contribution < 1.29 is 13.2 Å². The molecule has 0 unspecified atom stereocenters. The van der Waals surface area contributed by atoms with Crippen LogP contribution in [0.3, 0.4) is 0 Å². The Hall–Kier alpha value is -1.19. The number of sulfonamides is 1. The number of fused-ring (bicyclic) bond motifs is 1. The minimum Gasteiger partial charge on any atom is -0.273 e. The molecule has 0 atom stereocenters. The number of thiophene rings is 1. The lowest BCUT2D eigenvalue weighted by Gasteiger charge is -2.06. The first-order chi connectivity index (χ1) is 10.4. The molecule has 0 aliphatic heterocycles. The normalized spacial score (nSPS) is 15.2. The minimum atomic E-state index is -3.48. The van der Waals surface area contributed by atoms with E-state index in [0.717, 1.165) is 20.7 Å². The van der Waals surface area contributed by atoms with E-state index < -0.39 is 21.2 Å². The Balaban J connectivity index is 1.73. The highest BCUT2D eigenvalue weighted by molar-refractivity contribution is 8.00. The molecule has 3 rings (SSSR count). The topological polar surface area (TPSA) is 89.0 Å². The van der Waals surface area contributed by atoms with E-state index in [0.29, 0.717) is 17.9 Å². The van der Waals surface area contributed by atoms with E-state index in [2.05, 4.69) is 14.7 Å². The van der Waals surface area contributed by atoms with Crippen molar-refractivity contribution in [1.82, 2.24) is 14.7 Å². The van der Waals surface area contributed by atoms with Gasteiger partial charge in [0.05, 0.1) is 11.0 Å². The number of aryl methyl sites for hydroxylation is 2. The van der Waals surface area contributed by atoms with E-state index in [1.807, 2.05) is 13.8 Å². The molecule has 2 aromatic rings. The second-order valence-electron chi connectivity index (χ2n) is 5.20. The SMILES string of the molecule is Cc1sc2ncnc(SCC(=O)NS(=O)(=O)C3CC3)c2c1C. The van der Waals surface area contributed by atoms with Crippen LogP contribution in [0.1, 0.15) is 23.3 Å². The highest BCUT2D eigenvalue weighted by Gasteiger charge is 2.36. The van der Waals surface area contributed by atoms with E-state index in [-0.39, 0.29) is 5.75 Å². The van der Waals surface area contributed by atoms with E-state index in [1.54, 1.807) is 11.3 Å². The van der Waals surface area contributed by atoms with E-state index in [4.69, 9.17) is 0 Å². The van der Waals surface area contributed by atoms with Crippen molar-refractivity contribution in [3.05, 3.63) is 16.8 Å². The number of aromatic nitrogens is 2. The Morgan fingerprint density at radius 2 is 2.14 bits per heavy atom. The Kier molecular flexibility index (Phi) is 4.13. The molecule has 6 nitrogen and oxygen atoms in total. The van der Waals surface area contributed by atoms with Gasteiger partial charge in [0, 0.05) is 10.3 Å². The Bertz CT molecular complexity index is 841. The molecule has 9 heteroatoms. The second kappa shape index (κ2) is 5.78. The fourth-order valence-corrected chi connectivity index (χ4v) is 5.36. The van der Waals surface area contributed by atoms with Gasteiger partial charge in [0.15, 0.2) is 0 Å². The lowest BCUT2D eigenvalue weighted by molar-refractivity contribution is -0.116. The molecule has 0 saturated heterocycles. The van der Waals surface area contributed by atoms with Crippen molar-refractivity contribution in [3.63, 3.8) is 0 Å². The number of hydrogen-bond donors (Lipinski definition) is 1. The van der Waals surface area contributed by atoms with Crippen LogP contribution in [0.15, 0.2) is 11.4 Å². The van der Waals surface area contributed by atoms with Crippen molar-refractivity contribution in [3.8, 4) is 0 Å². The van der Waals surface area contributed by atoms with E-state index >= 15 is 0 Å². The molecule has 1 N–H and O–H groups in total. The van der Waals surface area contributed by atoms with Gasteiger partial charge in [0.2, 0.25) is 15.9 Å². The van der Waals surface area contributed by atoms with Crippen molar-refractivity contribution in [1.29, 1.82) is 0 Å². The summed E-state index contributed by atoms with van der Waals surface area (Å²) in [6, 6.07) is 0. The predicted octanol–water partition coefficient (Wildman–Crippen LogP) is 2.01. The summed E-state index contributed by atoms with van der Waals surface area (Å²) in [6.45, 7) is 4.02. The van der Waals surface area contributed by atoms with Crippen molar-refractivity contribution in [2.24, 2.45) is 0 Å². The van der Waals surface area contributed by atoms with Crippen LogP contribution < -0.4 is 4.72 Å². The van der Waals surface area contributed by atoms with Crippen LogP contribution in [-0.2, 0) is 14.8 Å². The third-order valence-corrected chi connectivity index (χ3v) is 7.46. The lowest BCUT2D eigenvalue weighted by Crippen LogP contribution is -2.34. The molecular formula is C13H15N3O3S3. The van der Waals surface area contributed by atoms with Gasteiger partial charge in [-0.15, -0.1) is 11.3 Å². The molecule has 1 amide bonds. The number of nitrogens with one attached hydrogen (secondary N) is 1. The highest BCUT2D eigenvalue weighted by Crippen LogP contribution is 2.34. The molecular weight excluding hydrogens is 342 g/mol. The number of amides is 1. The Labute approximate surface area is 136 Å². The van der Waals surface area contributed by atoms with E-state index in [1.165, 1.54) is 18.1 Å². The van der Waals surface area contributed by atoms with Crippen LogP contribution in [0.25, 0.3) is 10.2 Å². The lowest BCUT2D eigenvalue weighted by atomic mass is 10.2. The van der Waals surface area contributed by atoms with Gasteiger partial charge in [-0.2, -0.15) is 0 Å². The fraction of sp³-hybridized carbons (Fsp3) is 0.462. The van der Waals surface area contributed by atoms with Crippen molar-refractivity contribution >= 4 is 49.2 Å². The maximum atomic E-state index is 11.8. The number of nitrogens with zero attached hydrogens (tertiary/aromatic N) is 2. The molecule has 0 spiro atoms. The van der Waals surface area contributed by atoms with Gasteiger partial charge < -0.3 is 0 Å². The van der Waals surface area contributed by atoms with Crippen LogP contribution in [0.2, 0.25) is 0 Å². The third kappa shape index (κ3) is 3.11. The van der Waals surface area contributed by atoms with Crippen molar-refractivity contribution in [2.75, 3.05) is 5.75 Å². The standard InChI is InChI=1S/C13H15N3O3S3/c1-7-8(2)21-13-11(7)12(14-6-15-13)20-5-10(17)16-22(18,19)9-3-4-9/h6,9H,3-5H2,1-2H3,(H,16,17). The first-order valence-corrected chi connectivity index (χ1v) is 10.1. The summed E-state index contributed by atoms with van der Waals surface area (Å²) in [4.78, 5) is 22.4. The van der Waals surface area contributed by atoms with Gasteiger partial charge in [-0.3, -0.25) is 9.52 Å². The average molecular weight is 357 g/mol. The molecule has 0 bridgehead atoms. The summed E-state index contributed by atoms with van der Waals surface area (Å²) in [7, 11) is -3.48. The second-order valence-corrected chi connectivity index (χ2v) is 9.33. The molecule has 1 aliphatic carbocycles. The minimum absolute atomic E-state index is 0.0202. The summed E-state index contributed by atoms with van der Waals surface area (Å²) in [5.74, 6) is -0.486. The van der Waals surface area contributed by atoms with Crippen LogP contribution in [0.5, 0.6) is 0 Å². The largest absolute Gasteiger partial charge is 0.273 e. The number of rotatable bonds is 5. The summed E-state index contributed by atoms with van der Waals surface area (Å²) >= 11 is 2.83. The van der Waals surface area contributed by atoms with Crippen LogP contribution in [0, 0.1) is 13.8 Å². The summed E-state index contributed by atoms with van der Waals surface area (Å²) in [5.41, 5.74) is 1.11. The quantitative estimate of drug-likeness (QED) is 0.650. The molecule has 0 aromatic carbocycles. The van der Waals surface area contributed by atoms with Gasteiger partial charge in [-0.1, -0.05) is 11.8 Å². The molecule has 1 fully saturated rings. The number of thioether (sulfide) groups is 1. The summed E-state index contributed by atoms with van der Waals surface area (Å²) in [5, 5.41) is 1.27. The molecule has 1 aliphatic rings. The number of carbonyl (C=O) groups is 1. The smallest absolute Gasteiger partial charge is 0.243 e. The monoisotopic (exact) mass is 357 g/mol. The van der Waals surface area contributed by atoms with Gasteiger partial charge in [0.1, 0.15) is 16.2 Å². The van der Waals surface area contributed by atoms with Gasteiger partial charge in [-0.05, 0) is 32.3 Å². The average Bonchev–Trinajstić information content (AvgIpc) is 3.25. The van der Waals surface area contributed by atoms with Gasteiger partial charge in [0.25, 0.3) is 0 Å². The molecule has 2 heterocycles. The zero-order chi connectivity index (χ0) is 15.9. The van der Waals surface area contributed by atoms with Crippen LogP contribution in [-0.4, -0.2) is 35.3 Å². The number of carbonyl (C=O) groups excluding carboxylic acids is 1. The summed E-state index contributed by atoms with van der Waals surface area (Å²) in [6.07, 6.45) is 2.74. The van der Waals surface area contributed by atoms with Gasteiger partial charge >= 0.3 is 0 Å². The summed E-state index contributed by atoms with van der Waals surface area (Å²) < 4.78 is 25.6.